The highest BCUT2D eigenvalue weighted by Crippen LogP contribution is 2.29. The van der Waals surface area contributed by atoms with E-state index in [1.165, 1.54) is 24.5 Å². The average molecular weight is 399 g/mol. The summed E-state index contributed by atoms with van der Waals surface area (Å²) in [6, 6.07) is 15.3. The molecule has 0 spiro atoms. The van der Waals surface area contributed by atoms with Crippen LogP contribution in [0.5, 0.6) is 5.75 Å². The van der Waals surface area contributed by atoms with E-state index in [2.05, 4.69) is 22.1 Å². The molecule has 0 atom stereocenters. The Balaban J connectivity index is 1.58. The zero-order valence-corrected chi connectivity index (χ0v) is 16.8. The van der Waals surface area contributed by atoms with E-state index in [1.54, 1.807) is 34.6 Å². The first-order valence-corrected chi connectivity index (χ1v) is 9.73. The van der Waals surface area contributed by atoms with Crippen LogP contribution in [0, 0.1) is 10.6 Å². The van der Waals surface area contributed by atoms with Gasteiger partial charge in [0, 0.05) is 19.6 Å². The number of nitrogens with zero attached hydrogens (tertiary/aromatic N) is 4. The number of benzene rings is 2. The van der Waals surface area contributed by atoms with Crippen molar-refractivity contribution >= 4 is 12.2 Å². The number of rotatable bonds is 7. The molecule has 1 heterocycles. The van der Waals surface area contributed by atoms with Gasteiger partial charge >= 0.3 is 0 Å². The summed E-state index contributed by atoms with van der Waals surface area (Å²) in [6.07, 6.45) is 2.35. The Morgan fingerprint density at radius 3 is 2.54 bits per heavy atom. The Bertz CT molecular complexity index is 1020. The van der Waals surface area contributed by atoms with Gasteiger partial charge in [0.1, 0.15) is 11.6 Å². The van der Waals surface area contributed by atoms with Crippen LogP contribution in [0.3, 0.4) is 0 Å². The van der Waals surface area contributed by atoms with Crippen LogP contribution in [0.1, 0.15) is 18.4 Å². The summed E-state index contributed by atoms with van der Waals surface area (Å²) >= 11 is 5.58. The van der Waals surface area contributed by atoms with Gasteiger partial charge in [-0.1, -0.05) is 24.3 Å². The number of ether oxygens (including phenoxy) is 1. The molecule has 1 fully saturated rings. The molecule has 0 saturated heterocycles. The van der Waals surface area contributed by atoms with Gasteiger partial charge in [0.15, 0.2) is 10.6 Å². The third-order valence-corrected chi connectivity index (χ3v) is 5.56. The zero-order valence-electron chi connectivity index (χ0n) is 16.0. The van der Waals surface area contributed by atoms with E-state index in [1.807, 2.05) is 19.2 Å². The standard InChI is InChI=1S/C21H23FN4OS/c1-24-20(18-5-3-4-6-19(18)22)23-26(21(24)28)14-25(16-9-10-16)13-15-7-11-17(27-2)12-8-15/h3-8,11-12,16H,9-10,13-14H2,1-2H3. The first-order chi connectivity index (χ1) is 13.6. The van der Waals surface area contributed by atoms with Crippen LogP contribution in [-0.2, 0) is 20.3 Å². The molecular weight excluding hydrogens is 375 g/mol. The van der Waals surface area contributed by atoms with Crippen molar-refractivity contribution in [3.05, 3.63) is 64.7 Å². The van der Waals surface area contributed by atoms with Crippen LogP contribution in [0.15, 0.2) is 48.5 Å². The number of methoxy groups -OCH3 is 1. The van der Waals surface area contributed by atoms with Crippen molar-refractivity contribution in [3.63, 3.8) is 0 Å². The predicted molar refractivity (Wildman–Crippen MR) is 109 cm³/mol. The maximum atomic E-state index is 14.2. The molecule has 7 heteroatoms. The smallest absolute Gasteiger partial charge is 0.199 e. The fourth-order valence-electron chi connectivity index (χ4n) is 3.33. The molecule has 0 radical (unpaired) electrons. The minimum atomic E-state index is -0.296. The molecule has 1 aliphatic rings. The van der Waals surface area contributed by atoms with E-state index in [-0.39, 0.29) is 5.82 Å². The van der Waals surface area contributed by atoms with Gasteiger partial charge in [0.2, 0.25) is 0 Å². The SMILES string of the molecule is COc1ccc(CN(Cn2nc(-c3ccccc3F)n(C)c2=S)C2CC2)cc1. The molecule has 28 heavy (non-hydrogen) atoms. The first-order valence-electron chi connectivity index (χ1n) is 9.32. The van der Waals surface area contributed by atoms with Gasteiger partial charge in [-0.3, -0.25) is 4.90 Å². The van der Waals surface area contributed by atoms with Crippen molar-refractivity contribution in [3.8, 4) is 17.1 Å². The molecule has 0 amide bonds. The van der Waals surface area contributed by atoms with Crippen LogP contribution in [-0.4, -0.2) is 32.4 Å². The molecule has 1 aromatic heterocycles. The van der Waals surface area contributed by atoms with Crippen LogP contribution >= 0.6 is 12.2 Å². The van der Waals surface area contributed by atoms with Gasteiger partial charge in [-0.15, -0.1) is 0 Å². The fraction of sp³-hybridized carbons (Fsp3) is 0.333. The maximum Gasteiger partial charge on any atom is 0.199 e. The molecule has 146 valence electrons. The van der Waals surface area contributed by atoms with Crippen molar-refractivity contribution in [2.75, 3.05) is 7.11 Å². The molecule has 0 bridgehead atoms. The van der Waals surface area contributed by atoms with Crippen LogP contribution in [0.4, 0.5) is 4.39 Å². The second kappa shape index (κ2) is 7.85. The van der Waals surface area contributed by atoms with Crippen molar-refractivity contribution in [1.82, 2.24) is 19.2 Å². The molecule has 0 aliphatic heterocycles. The highest BCUT2D eigenvalue weighted by Gasteiger charge is 2.30. The fourth-order valence-corrected chi connectivity index (χ4v) is 3.51. The van der Waals surface area contributed by atoms with E-state index in [0.717, 1.165) is 12.3 Å². The summed E-state index contributed by atoms with van der Waals surface area (Å²) in [6.45, 7) is 1.39. The Morgan fingerprint density at radius 1 is 1.18 bits per heavy atom. The van der Waals surface area contributed by atoms with Crippen molar-refractivity contribution < 1.29 is 9.13 Å². The van der Waals surface area contributed by atoms with Gasteiger partial charge in [-0.25, -0.2) is 9.07 Å². The van der Waals surface area contributed by atoms with E-state index in [0.29, 0.717) is 28.9 Å². The Hall–Kier alpha value is -2.51. The lowest BCUT2D eigenvalue weighted by Gasteiger charge is -2.22. The lowest BCUT2D eigenvalue weighted by molar-refractivity contribution is 0.186. The van der Waals surface area contributed by atoms with Gasteiger partial charge in [-0.2, -0.15) is 5.10 Å². The number of aromatic nitrogens is 3. The molecule has 4 rings (SSSR count). The zero-order chi connectivity index (χ0) is 19.7. The Labute approximate surface area is 169 Å². The molecule has 3 aromatic rings. The van der Waals surface area contributed by atoms with Crippen LogP contribution in [0.25, 0.3) is 11.4 Å². The van der Waals surface area contributed by atoms with E-state index < -0.39 is 0 Å². The van der Waals surface area contributed by atoms with E-state index in [4.69, 9.17) is 17.0 Å². The predicted octanol–water partition coefficient (Wildman–Crippen LogP) is 4.39. The lowest BCUT2D eigenvalue weighted by atomic mass is 10.2. The first kappa shape index (κ1) is 18.8. The number of hydrogen-bond donors (Lipinski definition) is 0. The highest BCUT2D eigenvalue weighted by molar-refractivity contribution is 7.71. The number of halogens is 1. The van der Waals surface area contributed by atoms with E-state index in [9.17, 15) is 4.39 Å². The minimum Gasteiger partial charge on any atom is -0.497 e. The summed E-state index contributed by atoms with van der Waals surface area (Å²) in [4.78, 5) is 2.37. The molecule has 5 nitrogen and oxygen atoms in total. The van der Waals surface area contributed by atoms with Gasteiger partial charge in [0.05, 0.1) is 19.3 Å². The summed E-state index contributed by atoms with van der Waals surface area (Å²) in [5.74, 6) is 1.10. The van der Waals surface area contributed by atoms with Crippen LogP contribution < -0.4 is 4.74 Å². The normalized spacial score (nSPS) is 13.9. The third kappa shape index (κ3) is 3.86. The molecule has 1 saturated carbocycles. The summed E-state index contributed by atoms with van der Waals surface area (Å²) < 4.78 is 23.6. The molecule has 1 aliphatic carbocycles. The van der Waals surface area contributed by atoms with Gasteiger partial charge < -0.3 is 9.30 Å². The quantitative estimate of drug-likeness (QED) is 0.553. The Kier molecular flexibility index (Phi) is 5.28. The van der Waals surface area contributed by atoms with Crippen molar-refractivity contribution in [2.24, 2.45) is 7.05 Å². The average Bonchev–Trinajstić information content (AvgIpc) is 3.52. The third-order valence-electron chi connectivity index (χ3n) is 5.08. The molecular formula is C21H23FN4OS. The Morgan fingerprint density at radius 2 is 1.89 bits per heavy atom. The molecule has 2 aromatic carbocycles. The monoisotopic (exact) mass is 398 g/mol. The number of hydrogen-bond acceptors (Lipinski definition) is 4. The molecule has 0 unspecified atom stereocenters. The molecule has 0 N–H and O–H groups in total. The van der Waals surface area contributed by atoms with Crippen molar-refractivity contribution in [2.45, 2.75) is 32.1 Å². The van der Waals surface area contributed by atoms with Crippen LogP contribution in [0.2, 0.25) is 0 Å². The highest BCUT2D eigenvalue weighted by atomic mass is 32.1. The topological polar surface area (TPSA) is 35.2 Å². The summed E-state index contributed by atoms with van der Waals surface area (Å²) in [5.41, 5.74) is 1.67. The maximum absolute atomic E-state index is 14.2. The second-order valence-corrected chi connectivity index (χ2v) is 7.48. The van der Waals surface area contributed by atoms with Gasteiger partial charge in [-0.05, 0) is 54.9 Å². The van der Waals surface area contributed by atoms with E-state index >= 15 is 0 Å². The minimum absolute atomic E-state index is 0.296. The van der Waals surface area contributed by atoms with Crippen molar-refractivity contribution in [1.29, 1.82) is 0 Å². The summed E-state index contributed by atoms with van der Waals surface area (Å²) in [7, 11) is 3.50. The second-order valence-electron chi connectivity index (χ2n) is 7.11. The van der Waals surface area contributed by atoms with Gasteiger partial charge in [0.25, 0.3) is 0 Å². The summed E-state index contributed by atoms with van der Waals surface area (Å²) in [5, 5.41) is 4.63. The lowest BCUT2D eigenvalue weighted by Crippen LogP contribution is -2.29. The largest absolute Gasteiger partial charge is 0.497 e.